The topological polar surface area (TPSA) is 81.1 Å². The smallest absolute Gasteiger partial charge is 0.264 e. The Morgan fingerprint density at radius 1 is 1.00 bits per heavy atom. The second-order valence-electron chi connectivity index (χ2n) is 8.50. The minimum Gasteiger partial charge on any atom is -0.484 e. The molecular weight excluding hydrogens is 446 g/mol. The van der Waals surface area contributed by atoms with Crippen molar-refractivity contribution in [3.05, 3.63) is 77.4 Å². The number of aromatic nitrogens is 3. The number of nitrogens with zero attached hydrogens (tertiary/aromatic N) is 3. The number of nitrogens with one attached hydrogen (secondary N) is 2. The summed E-state index contributed by atoms with van der Waals surface area (Å²) in [5, 5.41) is 15.1. The van der Waals surface area contributed by atoms with Crippen molar-refractivity contribution in [3.63, 3.8) is 0 Å². The van der Waals surface area contributed by atoms with Crippen molar-refractivity contribution in [1.82, 2.24) is 20.3 Å². The number of amides is 1. The molecule has 0 saturated carbocycles. The van der Waals surface area contributed by atoms with E-state index in [-0.39, 0.29) is 17.6 Å². The summed E-state index contributed by atoms with van der Waals surface area (Å²) >= 11 is 5.32. The minimum atomic E-state index is -0.340. The SMILES string of the molecule is Cc1ccc(OCC(=O)NC(=S)Nc2cc3nn(-c4ccc(C(C)C)cc4)nc3cc2C)cc1. The first-order valence-electron chi connectivity index (χ1n) is 11.1. The summed E-state index contributed by atoms with van der Waals surface area (Å²) in [5.74, 6) is 0.754. The number of hydrogen-bond acceptors (Lipinski definition) is 5. The van der Waals surface area contributed by atoms with Gasteiger partial charge in [0, 0.05) is 5.69 Å². The van der Waals surface area contributed by atoms with E-state index < -0.39 is 0 Å². The Morgan fingerprint density at radius 3 is 2.29 bits per heavy atom. The molecule has 0 aliphatic carbocycles. The quantitative estimate of drug-likeness (QED) is 0.381. The third kappa shape index (κ3) is 5.58. The zero-order valence-corrected chi connectivity index (χ0v) is 20.4. The van der Waals surface area contributed by atoms with Gasteiger partial charge in [0.25, 0.3) is 5.91 Å². The number of hydrogen-bond donors (Lipinski definition) is 2. The van der Waals surface area contributed by atoms with E-state index in [0.717, 1.165) is 33.5 Å². The van der Waals surface area contributed by atoms with Gasteiger partial charge in [0.05, 0.1) is 5.69 Å². The van der Waals surface area contributed by atoms with Gasteiger partial charge in [0.2, 0.25) is 0 Å². The van der Waals surface area contributed by atoms with Gasteiger partial charge in [0.15, 0.2) is 11.7 Å². The molecule has 0 unspecified atom stereocenters. The maximum absolute atomic E-state index is 12.2. The first-order chi connectivity index (χ1) is 16.3. The van der Waals surface area contributed by atoms with Crippen LogP contribution >= 0.6 is 12.2 Å². The second kappa shape index (κ2) is 10.0. The van der Waals surface area contributed by atoms with Gasteiger partial charge in [-0.1, -0.05) is 43.7 Å². The Morgan fingerprint density at radius 2 is 1.65 bits per heavy atom. The molecule has 1 amide bonds. The van der Waals surface area contributed by atoms with Gasteiger partial charge in [-0.05, 0) is 79.5 Å². The van der Waals surface area contributed by atoms with Gasteiger partial charge >= 0.3 is 0 Å². The molecule has 0 fully saturated rings. The van der Waals surface area contributed by atoms with E-state index in [1.54, 1.807) is 4.80 Å². The van der Waals surface area contributed by atoms with E-state index in [0.29, 0.717) is 11.7 Å². The molecule has 1 aromatic heterocycles. The van der Waals surface area contributed by atoms with Crippen molar-refractivity contribution in [2.75, 3.05) is 11.9 Å². The Kier molecular flexibility index (Phi) is 6.88. The first kappa shape index (κ1) is 23.4. The zero-order chi connectivity index (χ0) is 24.2. The van der Waals surface area contributed by atoms with Crippen LogP contribution < -0.4 is 15.4 Å². The molecule has 0 spiro atoms. The summed E-state index contributed by atoms with van der Waals surface area (Å²) < 4.78 is 5.50. The van der Waals surface area contributed by atoms with Crippen molar-refractivity contribution in [1.29, 1.82) is 0 Å². The normalized spacial score (nSPS) is 11.0. The summed E-state index contributed by atoms with van der Waals surface area (Å²) in [7, 11) is 0. The molecule has 2 N–H and O–H groups in total. The lowest BCUT2D eigenvalue weighted by molar-refractivity contribution is -0.121. The van der Waals surface area contributed by atoms with Crippen LogP contribution in [-0.2, 0) is 4.79 Å². The van der Waals surface area contributed by atoms with Crippen LogP contribution in [0.3, 0.4) is 0 Å². The van der Waals surface area contributed by atoms with Crippen LogP contribution in [0.5, 0.6) is 5.75 Å². The zero-order valence-electron chi connectivity index (χ0n) is 19.6. The molecule has 0 atom stereocenters. The monoisotopic (exact) mass is 473 g/mol. The van der Waals surface area contributed by atoms with Crippen LogP contribution in [0.25, 0.3) is 16.7 Å². The van der Waals surface area contributed by atoms with Crippen molar-refractivity contribution in [2.24, 2.45) is 0 Å². The Bertz CT molecular complexity index is 1330. The number of benzene rings is 3. The summed E-state index contributed by atoms with van der Waals surface area (Å²) in [6.45, 7) is 8.13. The van der Waals surface area contributed by atoms with Gasteiger partial charge in [-0.3, -0.25) is 10.1 Å². The highest BCUT2D eigenvalue weighted by Crippen LogP contribution is 2.23. The Balaban J connectivity index is 1.41. The van der Waals surface area contributed by atoms with Crippen molar-refractivity contribution in [2.45, 2.75) is 33.6 Å². The number of carbonyl (C=O) groups excluding carboxylic acids is 1. The van der Waals surface area contributed by atoms with E-state index in [1.807, 2.05) is 62.4 Å². The second-order valence-corrected chi connectivity index (χ2v) is 8.90. The molecule has 0 radical (unpaired) electrons. The third-order valence-corrected chi connectivity index (χ3v) is 5.61. The third-order valence-electron chi connectivity index (χ3n) is 5.41. The summed E-state index contributed by atoms with van der Waals surface area (Å²) in [6.07, 6.45) is 0. The molecule has 0 aliphatic rings. The summed E-state index contributed by atoms with van der Waals surface area (Å²) in [6, 6.07) is 19.5. The predicted octanol–water partition coefficient (Wildman–Crippen LogP) is 5.05. The molecule has 7 nitrogen and oxygen atoms in total. The Labute approximate surface area is 204 Å². The molecular formula is C26H27N5O2S. The highest BCUT2D eigenvalue weighted by molar-refractivity contribution is 7.80. The molecule has 3 aromatic carbocycles. The highest BCUT2D eigenvalue weighted by Gasteiger charge is 2.12. The van der Waals surface area contributed by atoms with Gasteiger partial charge in [-0.25, -0.2) is 0 Å². The van der Waals surface area contributed by atoms with Crippen LogP contribution in [0.15, 0.2) is 60.7 Å². The van der Waals surface area contributed by atoms with Gasteiger partial charge in [0.1, 0.15) is 16.8 Å². The average Bonchev–Trinajstić information content (AvgIpc) is 3.21. The number of carbonyl (C=O) groups is 1. The van der Waals surface area contributed by atoms with Crippen LogP contribution in [0.2, 0.25) is 0 Å². The maximum atomic E-state index is 12.2. The number of ether oxygens (including phenoxy) is 1. The van der Waals surface area contributed by atoms with Crippen LogP contribution in [0.4, 0.5) is 5.69 Å². The van der Waals surface area contributed by atoms with Crippen LogP contribution in [0.1, 0.15) is 36.5 Å². The fourth-order valence-electron chi connectivity index (χ4n) is 3.41. The van der Waals surface area contributed by atoms with Gasteiger partial charge < -0.3 is 10.1 Å². The van der Waals surface area contributed by atoms with Crippen molar-refractivity contribution >= 4 is 40.0 Å². The van der Waals surface area contributed by atoms with E-state index in [9.17, 15) is 4.79 Å². The maximum Gasteiger partial charge on any atom is 0.264 e. The number of aryl methyl sites for hydroxylation is 2. The standard InChI is InChI=1S/C26H27N5O2S/c1-16(2)19-7-9-20(10-8-19)31-29-23-13-18(4)22(14-24(23)30-31)27-26(34)28-25(32)15-33-21-11-5-17(3)6-12-21/h5-14,16H,15H2,1-4H3,(H2,27,28,32,34). The van der Waals surface area contributed by atoms with E-state index in [1.165, 1.54) is 5.56 Å². The average molecular weight is 474 g/mol. The van der Waals surface area contributed by atoms with Crippen LogP contribution in [-0.4, -0.2) is 32.6 Å². The molecule has 0 bridgehead atoms. The molecule has 1 heterocycles. The van der Waals surface area contributed by atoms with Gasteiger partial charge in [-0.2, -0.15) is 4.80 Å². The van der Waals surface area contributed by atoms with E-state index in [4.69, 9.17) is 17.0 Å². The first-order valence-corrected chi connectivity index (χ1v) is 11.5. The van der Waals surface area contributed by atoms with Crippen molar-refractivity contribution < 1.29 is 9.53 Å². The molecule has 0 aliphatic heterocycles. The van der Waals surface area contributed by atoms with E-state index in [2.05, 4.69) is 46.8 Å². The lowest BCUT2D eigenvalue weighted by Gasteiger charge is -2.12. The minimum absolute atomic E-state index is 0.132. The predicted molar refractivity (Wildman–Crippen MR) is 139 cm³/mol. The molecule has 8 heteroatoms. The molecule has 34 heavy (non-hydrogen) atoms. The largest absolute Gasteiger partial charge is 0.484 e. The fourth-order valence-corrected chi connectivity index (χ4v) is 3.63. The summed E-state index contributed by atoms with van der Waals surface area (Å²) in [4.78, 5) is 13.8. The molecule has 174 valence electrons. The Hall–Kier alpha value is -3.78. The number of thiocarbonyl (C=S) groups is 1. The highest BCUT2D eigenvalue weighted by atomic mass is 32.1. The molecule has 4 rings (SSSR count). The van der Waals surface area contributed by atoms with Crippen LogP contribution in [0, 0.1) is 13.8 Å². The van der Waals surface area contributed by atoms with Gasteiger partial charge in [-0.15, -0.1) is 10.2 Å². The molecule has 4 aromatic rings. The van der Waals surface area contributed by atoms with Crippen molar-refractivity contribution in [3.8, 4) is 11.4 Å². The molecule has 0 saturated heterocycles. The fraction of sp³-hybridized carbons (Fsp3) is 0.231. The number of rotatable bonds is 6. The number of fused-ring (bicyclic) bond motifs is 1. The lowest BCUT2D eigenvalue weighted by atomic mass is 10.0. The number of anilines is 1. The van der Waals surface area contributed by atoms with E-state index >= 15 is 0 Å². The summed E-state index contributed by atoms with van der Waals surface area (Å²) in [5.41, 5.74) is 6.46. The lowest BCUT2D eigenvalue weighted by Crippen LogP contribution is -2.37.